The second-order valence-electron chi connectivity index (χ2n) is 6.63. The Morgan fingerprint density at radius 2 is 2.00 bits per heavy atom. The third-order valence-electron chi connectivity index (χ3n) is 4.92. The lowest BCUT2D eigenvalue weighted by Gasteiger charge is -2.16. The molecule has 5 heteroatoms. The molecule has 1 atom stereocenters. The Morgan fingerprint density at radius 3 is 2.72 bits per heavy atom. The van der Waals surface area contributed by atoms with Crippen LogP contribution >= 0.6 is 0 Å². The maximum atomic E-state index is 13.8. The van der Waals surface area contributed by atoms with E-state index in [0.717, 1.165) is 41.9 Å². The van der Waals surface area contributed by atoms with E-state index in [1.165, 1.54) is 6.07 Å². The van der Waals surface area contributed by atoms with E-state index in [-0.39, 0.29) is 17.8 Å². The average molecular weight is 337 g/mol. The Hall–Kier alpha value is -2.69. The number of carbonyl (C=O) groups is 1. The van der Waals surface area contributed by atoms with Crippen LogP contribution in [0.2, 0.25) is 0 Å². The molecule has 0 aromatic heterocycles. The number of anilines is 1. The molecule has 2 aromatic rings. The molecule has 2 aliphatic rings. The summed E-state index contributed by atoms with van der Waals surface area (Å²) in [7, 11) is 0. The van der Waals surface area contributed by atoms with Gasteiger partial charge in [0.15, 0.2) is 0 Å². The first kappa shape index (κ1) is 15.8. The molecule has 0 bridgehead atoms. The molecule has 1 amide bonds. The monoisotopic (exact) mass is 337 g/mol. The minimum absolute atomic E-state index is 0.122. The summed E-state index contributed by atoms with van der Waals surface area (Å²) >= 11 is 0. The molecule has 1 aliphatic heterocycles. The maximum Gasteiger partial charge on any atom is 0.251 e. The van der Waals surface area contributed by atoms with Crippen molar-refractivity contribution in [2.45, 2.75) is 32.2 Å². The number of hydrogen-bond acceptors (Lipinski definition) is 3. The third-order valence-corrected chi connectivity index (χ3v) is 4.92. The molecule has 0 saturated carbocycles. The van der Waals surface area contributed by atoms with Gasteiger partial charge in [-0.15, -0.1) is 0 Å². The predicted octanol–water partition coefficient (Wildman–Crippen LogP) is 3.83. The first-order valence-corrected chi connectivity index (χ1v) is 8.61. The molecule has 128 valence electrons. The lowest BCUT2D eigenvalue weighted by atomic mass is 10.1. The van der Waals surface area contributed by atoms with E-state index in [1.54, 1.807) is 6.07 Å². The zero-order valence-electron chi connectivity index (χ0n) is 14.1. The lowest BCUT2D eigenvalue weighted by molar-refractivity contribution is 0.0936. The summed E-state index contributed by atoms with van der Waals surface area (Å²) in [6, 6.07) is 12.4. The first-order valence-electron chi connectivity index (χ1n) is 8.61. The fourth-order valence-electron chi connectivity index (χ4n) is 3.55. The molecule has 1 unspecified atom stereocenters. The first-order chi connectivity index (χ1) is 12.1. The molecule has 1 heterocycles. The molecule has 25 heavy (non-hydrogen) atoms. The Morgan fingerprint density at radius 1 is 1.20 bits per heavy atom. The highest BCUT2D eigenvalue weighted by Crippen LogP contribution is 2.32. The van der Waals surface area contributed by atoms with Gasteiger partial charge >= 0.3 is 0 Å². The van der Waals surface area contributed by atoms with E-state index in [9.17, 15) is 9.18 Å². The molecule has 0 fully saturated rings. The number of hydrazone groups is 1. The van der Waals surface area contributed by atoms with Crippen LogP contribution in [0.25, 0.3) is 0 Å². The van der Waals surface area contributed by atoms with Crippen molar-refractivity contribution in [2.24, 2.45) is 5.10 Å². The van der Waals surface area contributed by atoms with E-state index in [4.69, 9.17) is 0 Å². The fourth-order valence-corrected chi connectivity index (χ4v) is 3.55. The Labute approximate surface area is 146 Å². The summed E-state index contributed by atoms with van der Waals surface area (Å²) in [6.07, 6.45) is 2.37. The molecule has 2 aromatic carbocycles. The van der Waals surface area contributed by atoms with Crippen LogP contribution in [0.3, 0.4) is 0 Å². The SMILES string of the molecule is CC1=NN(c2ccc(C(=O)NC3CCc4c(F)cccc43)cc2)CC1. The number of nitrogens with zero attached hydrogens (tertiary/aromatic N) is 2. The van der Waals surface area contributed by atoms with Crippen LogP contribution in [-0.4, -0.2) is 18.2 Å². The summed E-state index contributed by atoms with van der Waals surface area (Å²) in [4.78, 5) is 12.5. The Balaban J connectivity index is 1.47. The third kappa shape index (κ3) is 3.02. The van der Waals surface area contributed by atoms with Crippen molar-refractivity contribution in [1.82, 2.24) is 5.32 Å². The van der Waals surface area contributed by atoms with Gasteiger partial charge < -0.3 is 5.32 Å². The fraction of sp³-hybridized carbons (Fsp3) is 0.300. The zero-order chi connectivity index (χ0) is 17.4. The quantitative estimate of drug-likeness (QED) is 0.925. The van der Waals surface area contributed by atoms with Gasteiger partial charge in [-0.1, -0.05) is 12.1 Å². The summed E-state index contributed by atoms with van der Waals surface area (Å²) in [6.45, 7) is 2.89. The molecule has 0 radical (unpaired) electrons. The van der Waals surface area contributed by atoms with Crippen LogP contribution < -0.4 is 10.3 Å². The van der Waals surface area contributed by atoms with Crippen LogP contribution in [0, 0.1) is 5.82 Å². The van der Waals surface area contributed by atoms with E-state index >= 15 is 0 Å². The van der Waals surface area contributed by atoms with Crippen molar-refractivity contribution in [3.8, 4) is 0 Å². The lowest BCUT2D eigenvalue weighted by Crippen LogP contribution is -2.27. The van der Waals surface area contributed by atoms with E-state index < -0.39 is 0 Å². The van der Waals surface area contributed by atoms with Crippen molar-refractivity contribution in [2.75, 3.05) is 11.6 Å². The highest BCUT2D eigenvalue weighted by atomic mass is 19.1. The average Bonchev–Trinajstić information content (AvgIpc) is 3.23. The van der Waals surface area contributed by atoms with Crippen LogP contribution in [-0.2, 0) is 6.42 Å². The van der Waals surface area contributed by atoms with Gasteiger partial charge in [-0.2, -0.15) is 5.10 Å². The number of hydrogen-bond donors (Lipinski definition) is 1. The number of fused-ring (bicyclic) bond motifs is 1. The second kappa shape index (κ2) is 6.31. The Bertz CT molecular complexity index is 845. The minimum Gasteiger partial charge on any atom is -0.345 e. The predicted molar refractivity (Wildman–Crippen MR) is 96.4 cm³/mol. The second-order valence-corrected chi connectivity index (χ2v) is 6.63. The highest BCUT2D eigenvalue weighted by molar-refractivity contribution is 5.95. The summed E-state index contributed by atoms with van der Waals surface area (Å²) in [5.74, 6) is -0.310. The number of carbonyl (C=O) groups excluding carboxylic acids is 1. The summed E-state index contributed by atoms with van der Waals surface area (Å²) < 4.78 is 13.8. The minimum atomic E-state index is -0.180. The topological polar surface area (TPSA) is 44.7 Å². The molecule has 1 N–H and O–H groups in total. The normalized spacial score (nSPS) is 18.9. The molecule has 0 saturated heterocycles. The van der Waals surface area contributed by atoms with E-state index in [2.05, 4.69) is 10.4 Å². The standard InChI is InChI=1S/C20H20FN3O/c1-13-11-12-24(23-13)15-7-5-14(6-8-15)20(25)22-19-10-9-16-17(19)3-2-4-18(16)21/h2-8,19H,9-12H2,1H3,(H,22,25). The van der Waals surface area contributed by atoms with Crippen LogP contribution in [0.5, 0.6) is 0 Å². The Kier molecular flexibility index (Phi) is 3.99. The number of nitrogens with one attached hydrogen (secondary N) is 1. The van der Waals surface area contributed by atoms with Crippen LogP contribution in [0.4, 0.5) is 10.1 Å². The molecule has 4 nitrogen and oxygen atoms in total. The summed E-state index contributed by atoms with van der Waals surface area (Å²) in [5.41, 5.74) is 4.33. The van der Waals surface area contributed by atoms with E-state index in [1.807, 2.05) is 42.3 Å². The maximum absolute atomic E-state index is 13.8. The largest absolute Gasteiger partial charge is 0.345 e. The number of halogens is 1. The van der Waals surface area contributed by atoms with Gasteiger partial charge in [-0.05, 0) is 61.2 Å². The van der Waals surface area contributed by atoms with Crippen LogP contribution in [0.1, 0.15) is 47.3 Å². The van der Waals surface area contributed by atoms with Crippen molar-refractivity contribution in [3.05, 3.63) is 65.0 Å². The van der Waals surface area contributed by atoms with Crippen molar-refractivity contribution in [1.29, 1.82) is 0 Å². The van der Waals surface area contributed by atoms with Gasteiger partial charge in [0.25, 0.3) is 5.91 Å². The number of amides is 1. The molecular formula is C20H20FN3O. The molecule has 0 spiro atoms. The van der Waals surface area contributed by atoms with Gasteiger partial charge in [0, 0.05) is 24.2 Å². The van der Waals surface area contributed by atoms with Crippen LogP contribution in [0.15, 0.2) is 47.6 Å². The van der Waals surface area contributed by atoms with Gasteiger partial charge in [0.1, 0.15) is 5.82 Å². The summed E-state index contributed by atoms with van der Waals surface area (Å²) in [5, 5.41) is 9.44. The molecular weight excluding hydrogens is 317 g/mol. The van der Waals surface area contributed by atoms with Crippen molar-refractivity contribution < 1.29 is 9.18 Å². The van der Waals surface area contributed by atoms with Gasteiger partial charge in [0.05, 0.1) is 11.7 Å². The zero-order valence-corrected chi connectivity index (χ0v) is 14.1. The highest BCUT2D eigenvalue weighted by Gasteiger charge is 2.26. The van der Waals surface area contributed by atoms with E-state index in [0.29, 0.717) is 12.0 Å². The molecule has 1 aliphatic carbocycles. The smallest absolute Gasteiger partial charge is 0.251 e. The van der Waals surface area contributed by atoms with Gasteiger partial charge in [-0.3, -0.25) is 9.80 Å². The van der Waals surface area contributed by atoms with Gasteiger partial charge in [0.2, 0.25) is 0 Å². The number of rotatable bonds is 3. The van der Waals surface area contributed by atoms with Gasteiger partial charge in [-0.25, -0.2) is 4.39 Å². The molecule has 4 rings (SSSR count). The number of benzene rings is 2. The van der Waals surface area contributed by atoms with Crippen molar-refractivity contribution >= 4 is 17.3 Å². The van der Waals surface area contributed by atoms with Crippen molar-refractivity contribution in [3.63, 3.8) is 0 Å².